The minimum Gasteiger partial charge on any atom is -0.510 e. The Labute approximate surface area is 189 Å². The van der Waals surface area contributed by atoms with Gasteiger partial charge in [-0.1, -0.05) is 49.8 Å². The second-order valence-corrected chi connectivity index (χ2v) is 8.44. The molecule has 31 heavy (non-hydrogen) atoms. The van der Waals surface area contributed by atoms with Gasteiger partial charge in [0.05, 0.1) is 16.7 Å². The number of hydrogen-bond donors (Lipinski definition) is 4. The molecule has 1 aliphatic carbocycles. The minimum atomic E-state index is 0.143. The smallest absolute Gasteiger partial charge is 0.225 e. The first kappa shape index (κ1) is 21.1. The van der Waals surface area contributed by atoms with Gasteiger partial charge in [0.2, 0.25) is 5.95 Å². The number of aliphatic hydroxyl groups excluding tert-OH is 1. The Bertz CT molecular complexity index is 1070. The molecule has 2 heterocycles. The van der Waals surface area contributed by atoms with Crippen LogP contribution in [0, 0.1) is 0 Å². The van der Waals surface area contributed by atoms with Crippen LogP contribution in [0.25, 0.3) is 5.57 Å². The molecule has 0 spiro atoms. The maximum atomic E-state index is 10.3. The van der Waals surface area contributed by atoms with Gasteiger partial charge in [0, 0.05) is 18.2 Å². The zero-order valence-corrected chi connectivity index (χ0v) is 18.7. The molecule has 3 aromatic rings. The Morgan fingerprint density at radius 2 is 2.03 bits per heavy atom. The van der Waals surface area contributed by atoms with Crippen LogP contribution in [0.2, 0.25) is 0 Å². The third-order valence-electron chi connectivity index (χ3n) is 5.28. The van der Waals surface area contributed by atoms with E-state index in [-0.39, 0.29) is 12.3 Å². The lowest BCUT2D eigenvalue weighted by molar-refractivity contribution is 0.408. The van der Waals surface area contributed by atoms with Crippen molar-refractivity contribution in [1.29, 1.82) is 0 Å². The maximum Gasteiger partial charge on any atom is 0.225 e. The Hall–Kier alpha value is -3.13. The van der Waals surface area contributed by atoms with Crippen LogP contribution < -0.4 is 10.6 Å². The first-order chi connectivity index (χ1) is 15.1. The zero-order valence-electron chi connectivity index (χ0n) is 17.1. The van der Waals surface area contributed by atoms with Crippen molar-refractivity contribution >= 4 is 39.1 Å². The van der Waals surface area contributed by atoms with Crippen molar-refractivity contribution in [2.24, 2.45) is 0 Å². The largest absolute Gasteiger partial charge is 0.510 e. The Kier molecular flexibility index (Phi) is 6.66. The summed E-state index contributed by atoms with van der Waals surface area (Å²) in [6.07, 6.45) is 8.23. The summed E-state index contributed by atoms with van der Waals surface area (Å²) in [6.45, 7) is 4.19. The number of rotatable bonds is 8. The number of H-pyrrole nitrogens is 1. The van der Waals surface area contributed by atoms with Crippen molar-refractivity contribution in [1.82, 2.24) is 20.2 Å². The number of aromatic amines is 1. The molecule has 1 fully saturated rings. The van der Waals surface area contributed by atoms with Gasteiger partial charge in [0.15, 0.2) is 5.82 Å². The van der Waals surface area contributed by atoms with E-state index in [1.165, 1.54) is 25.7 Å². The quantitative estimate of drug-likeness (QED) is 0.235. The average Bonchev–Trinajstić information content (AvgIpc) is 3.47. The SMILES string of the molecule is C=C(/C=C(\O)CNc1ncc(Br)c(Nc2cc(C3CCCC3)n[nH]2)n1)c1ccccc1. The van der Waals surface area contributed by atoms with E-state index < -0.39 is 0 Å². The zero-order chi connectivity index (χ0) is 21.6. The van der Waals surface area contributed by atoms with Crippen molar-refractivity contribution in [3.8, 4) is 0 Å². The van der Waals surface area contributed by atoms with E-state index in [1.807, 2.05) is 36.4 Å². The Morgan fingerprint density at radius 1 is 1.26 bits per heavy atom. The molecule has 7 nitrogen and oxygen atoms in total. The normalized spacial score (nSPS) is 14.5. The Balaban J connectivity index is 1.38. The highest BCUT2D eigenvalue weighted by Gasteiger charge is 2.20. The van der Waals surface area contributed by atoms with Crippen LogP contribution in [0.1, 0.15) is 42.9 Å². The molecule has 160 valence electrons. The number of aliphatic hydroxyl groups is 1. The summed E-state index contributed by atoms with van der Waals surface area (Å²) < 4.78 is 0.729. The number of allylic oxidation sites excluding steroid dienone is 2. The third-order valence-corrected chi connectivity index (χ3v) is 5.86. The molecule has 2 aromatic heterocycles. The highest BCUT2D eigenvalue weighted by atomic mass is 79.9. The molecule has 1 saturated carbocycles. The number of anilines is 3. The van der Waals surface area contributed by atoms with Gasteiger partial charge in [-0.3, -0.25) is 5.10 Å². The maximum absolute atomic E-state index is 10.3. The van der Waals surface area contributed by atoms with Crippen molar-refractivity contribution < 1.29 is 5.11 Å². The lowest BCUT2D eigenvalue weighted by atomic mass is 10.0. The van der Waals surface area contributed by atoms with Gasteiger partial charge < -0.3 is 15.7 Å². The van der Waals surface area contributed by atoms with Crippen LogP contribution >= 0.6 is 15.9 Å². The highest BCUT2D eigenvalue weighted by Crippen LogP contribution is 2.34. The van der Waals surface area contributed by atoms with Crippen LogP contribution in [0.5, 0.6) is 0 Å². The fraction of sp³-hybridized carbons (Fsp3) is 0.261. The number of hydrogen-bond acceptors (Lipinski definition) is 6. The van der Waals surface area contributed by atoms with Gasteiger partial charge in [-0.2, -0.15) is 10.1 Å². The van der Waals surface area contributed by atoms with E-state index in [0.717, 1.165) is 27.1 Å². The molecule has 1 aromatic carbocycles. The van der Waals surface area contributed by atoms with Gasteiger partial charge in [-0.25, -0.2) is 4.98 Å². The van der Waals surface area contributed by atoms with Crippen LogP contribution in [0.3, 0.4) is 0 Å². The second kappa shape index (κ2) is 9.78. The molecule has 8 heteroatoms. The second-order valence-electron chi connectivity index (χ2n) is 7.58. The summed E-state index contributed by atoms with van der Waals surface area (Å²) in [6, 6.07) is 11.7. The first-order valence-electron chi connectivity index (χ1n) is 10.3. The molecular formula is C23H25BrN6O. The lowest BCUT2D eigenvalue weighted by Gasteiger charge is -2.09. The molecule has 0 bridgehead atoms. The van der Waals surface area contributed by atoms with E-state index in [4.69, 9.17) is 0 Å². The molecule has 0 atom stereocenters. The monoisotopic (exact) mass is 480 g/mol. The molecule has 0 radical (unpaired) electrons. The number of benzene rings is 1. The fourth-order valence-corrected chi connectivity index (χ4v) is 3.95. The van der Waals surface area contributed by atoms with Crippen LogP contribution in [-0.4, -0.2) is 31.8 Å². The summed E-state index contributed by atoms with van der Waals surface area (Å²) in [5, 5.41) is 24.0. The van der Waals surface area contributed by atoms with E-state index in [0.29, 0.717) is 17.7 Å². The van der Waals surface area contributed by atoms with E-state index in [2.05, 4.69) is 53.3 Å². The number of nitrogens with zero attached hydrogens (tertiary/aromatic N) is 3. The van der Waals surface area contributed by atoms with Gasteiger partial charge in [-0.15, -0.1) is 0 Å². The number of halogens is 1. The van der Waals surface area contributed by atoms with E-state index in [9.17, 15) is 5.11 Å². The van der Waals surface area contributed by atoms with E-state index in [1.54, 1.807) is 12.3 Å². The molecule has 0 unspecified atom stereocenters. The van der Waals surface area contributed by atoms with Crippen molar-refractivity contribution in [2.75, 3.05) is 17.2 Å². The summed E-state index contributed by atoms with van der Waals surface area (Å²) in [5.41, 5.74) is 2.78. The summed E-state index contributed by atoms with van der Waals surface area (Å²) >= 11 is 3.48. The molecule has 4 rings (SSSR count). The van der Waals surface area contributed by atoms with Crippen molar-refractivity contribution in [3.63, 3.8) is 0 Å². The molecule has 0 aliphatic heterocycles. The van der Waals surface area contributed by atoms with Crippen molar-refractivity contribution in [2.45, 2.75) is 31.6 Å². The van der Waals surface area contributed by atoms with Crippen LogP contribution in [0.4, 0.5) is 17.6 Å². The predicted octanol–water partition coefficient (Wildman–Crippen LogP) is 5.93. The summed E-state index contributed by atoms with van der Waals surface area (Å²) in [7, 11) is 0. The Morgan fingerprint density at radius 3 is 2.81 bits per heavy atom. The molecule has 0 saturated heterocycles. The number of aromatic nitrogens is 4. The first-order valence-corrected chi connectivity index (χ1v) is 11.1. The van der Waals surface area contributed by atoms with Gasteiger partial charge in [0.25, 0.3) is 0 Å². The van der Waals surface area contributed by atoms with Gasteiger partial charge >= 0.3 is 0 Å². The predicted molar refractivity (Wildman–Crippen MR) is 127 cm³/mol. The topological polar surface area (TPSA) is 98.7 Å². The molecule has 1 aliphatic rings. The minimum absolute atomic E-state index is 0.143. The van der Waals surface area contributed by atoms with Crippen LogP contribution in [-0.2, 0) is 0 Å². The van der Waals surface area contributed by atoms with Gasteiger partial charge in [0.1, 0.15) is 11.6 Å². The highest BCUT2D eigenvalue weighted by molar-refractivity contribution is 9.10. The molecular weight excluding hydrogens is 456 g/mol. The average molecular weight is 481 g/mol. The number of nitrogens with one attached hydrogen (secondary N) is 3. The molecule has 4 N–H and O–H groups in total. The van der Waals surface area contributed by atoms with Gasteiger partial charge in [-0.05, 0) is 46.0 Å². The summed E-state index contributed by atoms with van der Waals surface area (Å²) in [5.74, 6) is 2.47. The summed E-state index contributed by atoms with van der Waals surface area (Å²) in [4.78, 5) is 8.76. The van der Waals surface area contributed by atoms with E-state index >= 15 is 0 Å². The molecule has 0 amide bonds. The standard InChI is InChI=1S/C23H25BrN6O/c1-15(16-7-3-2-4-8-16)11-18(31)13-25-23-26-14-19(24)22(28-23)27-21-12-20(29-30-21)17-9-5-6-10-17/h2-4,7-8,11-12,14,17,31H,1,5-6,9-10,13H2,(H3,25,26,27,28,29,30)/b18-11-. The fourth-order valence-electron chi connectivity index (χ4n) is 3.66. The van der Waals surface area contributed by atoms with Crippen LogP contribution in [0.15, 0.2) is 65.5 Å². The third kappa shape index (κ3) is 5.52. The lowest BCUT2D eigenvalue weighted by Crippen LogP contribution is -2.09. The van der Waals surface area contributed by atoms with Crippen molar-refractivity contribution in [3.05, 3.63) is 76.7 Å².